The van der Waals surface area contributed by atoms with Crippen LogP contribution in [-0.2, 0) is 11.8 Å². The maximum absolute atomic E-state index is 5.38. The second-order valence-corrected chi connectivity index (χ2v) is 5.74. The van der Waals surface area contributed by atoms with Gasteiger partial charge in [0.05, 0.1) is 7.11 Å². The lowest BCUT2D eigenvalue weighted by molar-refractivity contribution is 0.158. The molecule has 2 heteroatoms. The van der Waals surface area contributed by atoms with Crippen LogP contribution in [0.3, 0.4) is 0 Å². The van der Waals surface area contributed by atoms with E-state index < -0.39 is 0 Å². The van der Waals surface area contributed by atoms with Crippen molar-refractivity contribution >= 4 is 0 Å². The number of hydrogen-bond donors (Lipinski definition) is 1. The summed E-state index contributed by atoms with van der Waals surface area (Å²) in [6.07, 6.45) is 2.39. The second kappa shape index (κ2) is 3.74. The van der Waals surface area contributed by atoms with Gasteiger partial charge in [-0.25, -0.2) is 0 Å². The van der Waals surface area contributed by atoms with Crippen LogP contribution in [0.25, 0.3) is 0 Å². The monoisotopic (exact) mass is 231 g/mol. The van der Waals surface area contributed by atoms with Gasteiger partial charge in [0.15, 0.2) is 0 Å². The average molecular weight is 231 g/mol. The highest BCUT2D eigenvalue weighted by molar-refractivity contribution is 5.44. The number of ether oxygens (including phenoxy) is 1. The van der Waals surface area contributed by atoms with E-state index in [9.17, 15) is 0 Å². The molecule has 17 heavy (non-hydrogen) atoms. The summed E-state index contributed by atoms with van der Waals surface area (Å²) < 4.78 is 5.38. The molecule has 1 N–H and O–H groups in total. The van der Waals surface area contributed by atoms with Gasteiger partial charge in [0.1, 0.15) is 5.75 Å². The molecule has 0 amide bonds. The lowest BCUT2D eigenvalue weighted by Gasteiger charge is -2.50. The molecule has 0 spiro atoms. The first-order chi connectivity index (χ1) is 8.15. The van der Waals surface area contributed by atoms with Gasteiger partial charge in [-0.3, -0.25) is 0 Å². The molecule has 1 aliphatic carbocycles. The van der Waals surface area contributed by atoms with E-state index in [1.165, 1.54) is 17.5 Å². The second-order valence-electron chi connectivity index (χ2n) is 5.74. The maximum Gasteiger partial charge on any atom is 0.119 e. The molecule has 1 saturated heterocycles. The third kappa shape index (κ3) is 1.50. The molecule has 1 fully saturated rings. The van der Waals surface area contributed by atoms with Crippen molar-refractivity contribution in [2.24, 2.45) is 5.92 Å². The van der Waals surface area contributed by atoms with Gasteiger partial charge in [0.2, 0.25) is 0 Å². The summed E-state index contributed by atoms with van der Waals surface area (Å²) in [5, 5.41) is 3.66. The summed E-state index contributed by atoms with van der Waals surface area (Å²) >= 11 is 0. The lowest BCUT2D eigenvalue weighted by Crippen LogP contribution is -2.56. The zero-order valence-electron chi connectivity index (χ0n) is 10.9. The van der Waals surface area contributed by atoms with E-state index in [0.717, 1.165) is 18.7 Å². The summed E-state index contributed by atoms with van der Waals surface area (Å²) in [4.78, 5) is 0. The van der Waals surface area contributed by atoms with Gasteiger partial charge in [-0.1, -0.05) is 19.9 Å². The molecule has 0 radical (unpaired) electrons. The Kier molecular flexibility index (Phi) is 2.44. The van der Waals surface area contributed by atoms with Crippen LogP contribution in [0.15, 0.2) is 18.2 Å². The Balaban J connectivity index is 2.14. The van der Waals surface area contributed by atoms with Crippen molar-refractivity contribution < 1.29 is 4.74 Å². The molecule has 2 bridgehead atoms. The van der Waals surface area contributed by atoms with Crippen molar-refractivity contribution in [2.45, 2.75) is 38.1 Å². The summed E-state index contributed by atoms with van der Waals surface area (Å²) in [5.74, 6) is 1.70. The van der Waals surface area contributed by atoms with E-state index in [1.54, 1.807) is 7.11 Å². The predicted octanol–water partition coefficient (Wildman–Crippen LogP) is 2.51. The maximum atomic E-state index is 5.38. The molecule has 92 valence electrons. The Labute approximate surface area is 103 Å². The molecule has 2 aliphatic rings. The predicted molar refractivity (Wildman–Crippen MR) is 69.6 cm³/mol. The van der Waals surface area contributed by atoms with Crippen LogP contribution in [0.5, 0.6) is 5.75 Å². The number of benzene rings is 1. The Morgan fingerprint density at radius 1 is 1.41 bits per heavy atom. The van der Waals surface area contributed by atoms with Crippen LogP contribution in [0.1, 0.15) is 31.4 Å². The quantitative estimate of drug-likeness (QED) is 0.802. The van der Waals surface area contributed by atoms with Crippen molar-refractivity contribution in [2.75, 3.05) is 13.7 Å². The topological polar surface area (TPSA) is 21.3 Å². The van der Waals surface area contributed by atoms with Crippen molar-refractivity contribution in [3.8, 4) is 5.75 Å². The largest absolute Gasteiger partial charge is 0.497 e. The van der Waals surface area contributed by atoms with Gasteiger partial charge in [-0.15, -0.1) is 0 Å². The first kappa shape index (κ1) is 11.1. The lowest BCUT2D eigenvalue weighted by atomic mass is 9.59. The van der Waals surface area contributed by atoms with Crippen LogP contribution in [0.4, 0.5) is 0 Å². The minimum absolute atomic E-state index is 0.318. The first-order valence-electron chi connectivity index (χ1n) is 6.56. The minimum atomic E-state index is 0.318. The molecule has 0 aromatic heterocycles. The summed E-state index contributed by atoms with van der Waals surface area (Å²) in [6, 6.07) is 7.24. The molecular formula is C15H21NO. The van der Waals surface area contributed by atoms with Crippen LogP contribution >= 0.6 is 0 Å². The number of nitrogens with one attached hydrogen (secondary N) is 1. The molecule has 0 unspecified atom stereocenters. The van der Waals surface area contributed by atoms with Crippen LogP contribution in [-0.4, -0.2) is 19.7 Å². The molecule has 1 aromatic carbocycles. The number of hydrogen-bond acceptors (Lipinski definition) is 2. The smallest absolute Gasteiger partial charge is 0.119 e. The number of fused-ring (bicyclic) bond motifs is 4. The average Bonchev–Trinajstić information content (AvgIpc) is 2.33. The van der Waals surface area contributed by atoms with E-state index in [4.69, 9.17) is 4.74 Å². The number of piperidine rings is 1. The Hall–Kier alpha value is -1.02. The Bertz CT molecular complexity index is 443. The molecule has 1 heterocycles. The highest BCUT2D eigenvalue weighted by atomic mass is 16.5. The van der Waals surface area contributed by atoms with Gasteiger partial charge < -0.3 is 10.1 Å². The normalized spacial score (nSPS) is 35.2. The highest BCUT2D eigenvalue weighted by Gasteiger charge is 2.45. The van der Waals surface area contributed by atoms with Crippen LogP contribution < -0.4 is 10.1 Å². The third-order valence-corrected chi connectivity index (χ3v) is 5.03. The van der Waals surface area contributed by atoms with E-state index in [1.807, 2.05) is 0 Å². The van der Waals surface area contributed by atoms with E-state index in [2.05, 4.69) is 37.4 Å². The third-order valence-electron chi connectivity index (χ3n) is 5.03. The molecule has 2 nitrogen and oxygen atoms in total. The van der Waals surface area contributed by atoms with Gasteiger partial charge in [0, 0.05) is 6.04 Å². The Morgan fingerprint density at radius 2 is 2.24 bits per heavy atom. The summed E-state index contributed by atoms with van der Waals surface area (Å²) in [5.41, 5.74) is 3.34. The SMILES string of the molecule is COc1ccc2c(c1)[C@]1(C)CCN[C@H](C2)[C@@H]1C. The fourth-order valence-corrected chi connectivity index (χ4v) is 3.62. The Morgan fingerprint density at radius 3 is 3.00 bits per heavy atom. The van der Waals surface area contributed by atoms with Gasteiger partial charge >= 0.3 is 0 Å². The summed E-state index contributed by atoms with van der Waals surface area (Å²) in [6.45, 7) is 5.95. The number of methoxy groups -OCH3 is 1. The van der Waals surface area contributed by atoms with E-state index in [-0.39, 0.29) is 0 Å². The fourth-order valence-electron chi connectivity index (χ4n) is 3.62. The van der Waals surface area contributed by atoms with Gasteiger partial charge in [-0.2, -0.15) is 0 Å². The molecule has 0 saturated carbocycles. The van der Waals surface area contributed by atoms with Gasteiger partial charge in [0.25, 0.3) is 0 Å². The zero-order chi connectivity index (χ0) is 12.0. The molecule has 1 aliphatic heterocycles. The van der Waals surface area contributed by atoms with Crippen LogP contribution in [0.2, 0.25) is 0 Å². The van der Waals surface area contributed by atoms with Crippen molar-refractivity contribution in [1.29, 1.82) is 0 Å². The standard InChI is InChI=1S/C15H21NO/c1-10-14-8-11-4-5-12(17-3)9-13(11)15(10,2)6-7-16-14/h4-5,9-10,14,16H,6-8H2,1-3H3/t10-,14+,15+/m0/s1. The van der Waals surface area contributed by atoms with Crippen molar-refractivity contribution in [1.82, 2.24) is 5.32 Å². The minimum Gasteiger partial charge on any atom is -0.497 e. The first-order valence-corrected chi connectivity index (χ1v) is 6.56. The highest BCUT2D eigenvalue weighted by Crippen LogP contribution is 2.46. The van der Waals surface area contributed by atoms with E-state index >= 15 is 0 Å². The molecule has 1 aromatic rings. The van der Waals surface area contributed by atoms with E-state index in [0.29, 0.717) is 17.4 Å². The van der Waals surface area contributed by atoms with Crippen LogP contribution in [0, 0.1) is 5.92 Å². The van der Waals surface area contributed by atoms with Crippen molar-refractivity contribution in [3.05, 3.63) is 29.3 Å². The van der Waals surface area contributed by atoms with Gasteiger partial charge in [-0.05, 0) is 54.0 Å². The fraction of sp³-hybridized carbons (Fsp3) is 0.600. The molecule has 3 rings (SSSR count). The zero-order valence-corrected chi connectivity index (χ0v) is 10.9. The molecule has 3 atom stereocenters. The molecular weight excluding hydrogens is 210 g/mol. The summed E-state index contributed by atoms with van der Waals surface area (Å²) in [7, 11) is 1.75. The van der Waals surface area contributed by atoms with Crippen molar-refractivity contribution in [3.63, 3.8) is 0 Å². The number of rotatable bonds is 1.